The van der Waals surface area contributed by atoms with Crippen molar-refractivity contribution in [1.82, 2.24) is 4.90 Å². The van der Waals surface area contributed by atoms with Crippen molar-refractivity contribution in [3.63, 3.8) is 0 Å². The van der Waals surface area contributed by atoms with Gasteiger partial charge in [-0.05, 0) is 17.4 Å². The molecule has 0 aromatic heterocycles. The van der Waals surface area contributed by atoms with Crippen LogP contribution in [0.25, 0.3) is 0 Å². The van der Waals surface area contributed by atoms with Crippen LogP contribution < -0.4 is 0 Å². The second-order valence-corrected chi connectivity index (χ2v) is 5.30. The van der Waals surface area contributed by atoms with Gasteiger partial charge in [0.25, 0.3) is 0 Å². The predicted molar refractivity (Wildman–Crippen MR) is 70.5 cm³/mol. The average molecular weight is 251 g/mol. The van der Waals surface area contributed by atoms with Gasteiger partial charge in [0.15, 0.2) is 0 Å². The molecule has 1 heterocycles. The molecule has 1 aromatic rings. The molecular weight excluding hydrogens is 234 g/mol. The van der Waals surface area contributed by atoms with Crippen LogP contribution in [0.2, 0.25) is 0 Å². The van der Waals surface area contributed by atoms with E-state index in [9.17, 15) is 9.90 Å². The lowest BCUT2D eigenvalue weighted by Gasteiger charge is -2.32. The molecule has 2 rings (SSSR count). The van der Waals surface area contributed by atoms with Gasteiger partial charge in [-0.25, -0.2) is 0 Å². The summed E-state index contributed by atoms with van der Waals surface area (Å²) in [5.74, 6) is -0.0396. The van der Waals surface area contributed by atoms with Gasteiger partial charge >= 0.3 is 5.97 Å². The molecule has 1 aromatic carbocycles. The van der Waals surface area contributed by atoms with Crippen molar-refractivity contribution in [2.24, 2.45) is 0 Å². The first-order chi connectivity index (χ1) is 8.22. The van der Waals surface area contributed by atoms with E-state index in [-0.39, 0.29) is 5.92 Å². The van der Waals surface area contributed by atoms with Crippen LogP contribution in [0.4, 0.5) is 0 Å². The summed E-state index contributed by atoms with van der Waals surface area (Å²) in [6.45, 7) is 2.46. The monoisotopic (exact) mass is 251 g/mol. The zero-order valence-electron chi connectivity index (χ0n) is 9.93. The molecule has 0 bridgehead atoms. The van der Waals surface area contributed by atoms with Crippen molar-refractivity contribution < 1.29 is 9.90 Å². The first-order valence-corrected chi connectivity index (χ1v) is 7.13. The first kappa shape index (κ1) is 12.5. The van der Waals surface area contributed by atoms with Crippen molar-refractivity contribution in [2.45, 2.75) is 12.5 Å². The van der Waals surface area contributed by atoms with E-state index in [0.29, 0.717) is 6.54 Å². The maximum atomic E-state index is 11.3. The molecule has 1 atom stereocenters. The minimum absolute atomic E-state index is 0.373. The average Bonchev–Trinajstić information content (AvgIpc) is 2.35. The number of hydrogen-bond acceptors (Lipinski definition) is 3. The fourth-order valence-electron chi connectivity index (χ4n) is 2.28. The van der Waals surface area contributed by atoms with Crippen LogP contribution in [0.3, 0.4) is 0 Å². The molecule has 1 aliphatic heterocycles. The SMILES string of the molecule is CSCCN1Cc2ccccc2C(C(=O)O)C1. The number of carbonyl (C=O) groups is 1. The molecule has 0 saturated heterocycles. The zero-order valence-corrected chi connectivity index (χ0v) is 10.7. The molecule has 0 radical (unpaired) electrons. The second kappa shape index (κ2) is 5.56. The van der Waals surface area contributed by atoms with E-state index in [1.54, 1.807) is 11.8 Å². The highest BCUT2D eigenvalue weighted by Gasteiger charge is 2.29. The van der Waals surface area contributed by atoms with E-state index in [2.05, 4.69) is 11.2 Å². The molecular formula is C13H17NO2S. The number of rotatable bonds is 4. The normalized spacial score (nSPS) is 19.9. The molecule has 92 valence electrons. The van der Waals surface area contributed by atoms with E-state index in [1.807, 2.05) is 24.3 Å². The summed E-state index contributed by atoms with van der Waals surface area (Å²) in [5.41, 5.74) is 2.15. The molecule has 17 heavy (non-hydrogen) atoms. The van der Waals surface area contributed by atoms with E-state index in [4.69, 9.17) is 0 Å². The molecule has 0 spiro atoms. The number of carboxylic acids is 1. The third-order valence-corrected chi connectivity index (χ3v) is 3.77. The Hall–Kier alpha value is -1.00. The van der Waals surface area contributed by atoms with Crippen LogP contribution in [0.1, 0.15) is 17.0 Å². The highest BCUT2D eigenvalue weighted by atomic mass is 32.2. The van der Waals surface area contributed by atoms with Gasteiger partial charge in [-0.3, -0.25) is 9.69 Å². The summed E-state index contributed by atoms with van der Waals surface area (Å²) in [6.07, 6.45) is 2.08. The molecule has 0 saturated carbocycles. The minimum Gasteiger partial charge on any atom is -0.481 e. The van der Waals surface area contributed by atoms with E-state index in [1.165, 1.54) is 0 Å². The van der Waals surface area contributed by atoms with Crippen molar-refractivity contribution in [2.75, 3.05) is 25.1 Å². The fraction of sp³-hybridized carbons (Fsp3) is 0.462. The van der Waals surface area contributed by atoms with Gasteiger partial charge in [0.1, 0.15) is 0 Å². The van der Waals surface area contributed by atoms with Crippen LogP contribution >= 0.6 is 11.8 Å². The molecule has 1 aliphatic rings. The lowest BCUT2D eigenvalue weighted by atomic mass is 9.90. The van der Waals surface area contributed by atoms with Crippen LogP contribution in [0.5, 0.6) is 0 Å². The van der Waals surface area contributed by atoms with Gasteiger partial charge in [-0.15, -0.1) is 0 Å². The number of fused-ring (bicyclic) bond motifs is 1. The Balaban J connectivity index is 2.20. The summed E-state index contributed by atoms with van der Waals surface area (Å²) in [7, 11) is 0. The van der Waals surface area contributed by atoms with Crippen LogP contribution in [-0.2, 0) is 11.3 Å². The van der Waals surface area contributed by atoms with Gasteiger partial charge in [-0.2, -0.15) is 11.8 Å². The smallest absolute Gasteiger partial charge is 0.312 e. The Bertz CT molecular complexity index is 408. The zero-order chi connectivity index (χ0) is 12.3. The highest BCUT2D eigenvalue weighted by molar-refractivity contribution is 7.98. The summed E-state index contributed by atoms with van der Waals surface area (Å²) in [4.78, 5) is 13.5. The number of thioether (sulfide) groups is 1. The van der Waals surface area contributed by atoms with Crippen LogP contribution in [0, 0.1) is 0 Å². The summed E-state index contributed by atoms with van der Waals surface area (Å²) < 4.78 is 0. The van der Waals surface area contributed by atoms with Crippen LogP contribution in [-0.4, -0.2) is 41.1 Å². The Kier molecular flexibility index (Phi) is 4.07. The van der Waals surface area contributed by atoms with Crippen molar-refractivity contribution in [3.05, 3.63) is 35.4 Å². The molecule has 0 amide bonds. The van der Waals surface area contributed by atoms with E-state index in [0.717, 1.165) is 30.0 Å². The number of aliphatic carboxylic acids is 1. The molecule has 1 unspecified atom stereocenters. The minimum atomic E-state index is -0.716. The number of benzene rings is 1. The third-order valence-electron chi connectivity index (χ3n) is 3.17. The molecule has 0 aliphatic carbocycles. The Morgan fingerprint density at radius 3 is 3.00 bits per heavy atom. The van der Waals surface area contributed by atoms with Crippen molar-refractivity contribution in [3.8, 4) is 0 Å². The molecule has 1 N–H and O–H groups in total. The van der Waals surface area contributed by atoms with Gasteiger partial charge < -0.3 is 5.11 Å². The summed E-state index contributed by atoms with van der Waals surface area (Å²) in [6, 6.07) is 7.89. The lowest BCUT2D eigenvalue weighted by Crippen LogP contribution is -2.37. The third kappa shape index (κ3) is 2.82. The predicted octanol–water partition coefficient (Wildman–Crippen LogP) is 2.03. The fourth-order valence-corrected chi connectivity index (χ4v) is 2.72. The maximum Gasteiger partial charge on any atom is 0.312 e. The van der Waals surface area contributed by atoms with Gasteiger partial charge in [0, 0.05) is 25.4 Å². The largest absolute Gasteiger partial charge is 0.481 e. The maximum absolute atomic E-state index is 11.3. The van der Waals surface area contributed by atoms with E-state index < -0.39 is 5.97 Å². The molecule has 0 fully saturated rings. The topological polar surface area (TPSA) is 40.5 Å². The number of nitrogens with zero attached hydrogens (tertiary/aromatic N) is 1. The quantitative estimate of drug-likeness (QED) is 0.889. The Labute approximate surface area is 106 Å². The summed E-state index contributed by atoms with van der Waals surface area (Å²) >= 11 is 1.80. The van der Waals surface area contributed by atoms with E-state index >= 15 is 0 Å². The second-order valence-electron chi connectivity index (χ2n) is 4.32. The first-order valence-electron chi connectivity index (χ1n) is 5.74. The van der Waals surface area contributed by atoms with Gasteiger partial charge in [0.05, 0.1) is 5.92 Å². The van der Waals surface area contributed by atoms with Gasteiger partial charge in [0.2, 0.25) is 0 Å². The van der Waals surface area contributed by atoms with Crippen LogP contribution in [0.15, 0.2) is 24.3 Å². The summed E-state index contributed by atoms with van der Waals surface area (Å²) in [5, 5.41) is 9.30. The molecule has 3 nitrogen and oxygen atoms in total. The van der Waals surface area contributed by atoms with Crippen molar-refractivity contribution in [1.29, 1.82) is 0 Å². The highest BCUT2D eigenvalue weighted by Crippen LogP contribution is 2.28. The Morgan fingerprint density at radius 2 is 2.29 bits per heavy atom. The number of hydrogen-bond donors (Lipinski definition) is 1. The Morgan fingerprint density at radius 1 is 1.53 bits per heavy atom. The number of carboxylic acid groups (broad SMARTS) is 1. The van der Waals surface area contributed by atoms with Crippen molar-refractivity contribution >= 4 is 17.7 Å². The van der Waals surface area contributed by atoms with Gasteiger partial charge in [-0.1, -0.05) is 24.3 Å². The molecule has 4 heteroatoms. The standard InChI is InChI=1S/C13H17NO2S/c1-17-7-6-14-8-10-4-2-3-5-11(10)12(9-14)13(15)16/h2-5,12H,6-9H2,1H3,(H,15,16). The lowest BCUT2D eigenvalue weighted by molar-refractivity contribution is -0.139.